The molecule has 0 bridgehead atoms. The lowest BCUT2D eigenvalue weighted by molar-refractivity contribution is 0.0953. The molecule has 1 aromatic heterocycles. The highest BCUT2D eigenvalue weighted by Gasteiger charge is 2.27. The van der Waals surface area contributed by atoms with Crippen LogP contribution in [0, 0.1) is 0 Å². The first kappa shape index (κ1) is 20.2. The predicted molar refractivity (Wildman–Crippen MR) is 115 cm³/mol. The van der Waals surface area contributed by atoms with Gasteiger partial charge in [-0.05, 0) is 61.2 Å². The highest BCUT2D eigenvalue weighted by atomic mass is 32.2. The Bertz CT molecular complexity index is 1100. The van der Waals surface area contributed by atoms with Gasteiger partial charge in [0.25, 0.3) is 5.91 Å². The molecule has 0 unspecified atom stereocenters. The zero-order valence-corrected chi connectivity index (χ0v) is 17.2. The third-order valence-electron chi connectivity index (χ3n) is 4.93. The second kappa shape index (κ2) is 8.73. The minimum absolute atomic E-state index is 0.0604. The standard InChI is InChI=1S/C22H24N4O3S/c27-22(21-7-4-15-26(21)16-14-17-5-2-1-3-6-17)24-23-18-10-12-20(13-11-18)30(28,29)25-19-8-9-19/h1-7,10-13,15,19,23,25H,8-9,14,16H2,(H,24,27). The third-order valence-corrected chi connectivity index (χ3v) is 6.47. The van der Waals surface area contributed by atoms with E-state index in [1.165, 1.54) is 17.7 Å². The molecule has 1 aliphatic rings. The molecule has 1 aliphatic carbocycles. The van der Waals surface area contributed by atoms with Gasteiger partial charge in [-0.15, -0.1) is 0 Å². The number of hydrogen-bond acceptors (Lipinski definition) is 4. The lowest BCUT2D eigenvalue weighted by Crippen LogP contribution is -2.31. The number of nitrogens with zero attached hydrogens (tertiary/aromatic N) is 1. The molecular weight excluding hydrogens is 400 g/mol. The van der Waals surface area contributed by atoms with Gasteiger partial charge in [0, 0.05) is 18.8 Å². The summed E-state index contributed by atoms with van der Waals surface area (Å²) in [5.41, 5.74) is 7.85. The van der Waals surface area contributed by atoms with Crippen molar-refractivity contribution in [2.45, 2.75) is 36.7 Å². The Balaban J connectivity index is 1.33. The minimum Gasteiger partial charge on any atom is -0.343 e. The van der Waals surface area contributed by atoms with Crippen molar-refractivity contribution in [2.75, 3.05) is 5.43 Å². The van der Waals surface area contributed by atoms with E-state index in [-0.39, 0.29) is 16.8 Å². The molecular formula is C22H24N4O3S. The number of aryl methyl sites for hydroxylation is 2. The number of amides is 1. The molecule has 0 atom stereocenters. The molecule has 2 aromatic carbocycles. The first-order valence-corrected chi connectivity index (χ1v) is 11.4. The number of carbonyl (C=O) groups is 1. The Morgan fingerprint density at radius 2 is 1.70 bits per heavy atom. The Morgan fingerprint density at radius 1 is 0.967 bits per heavy atom. The summed E-state index contributed by atoms with van der Waals surface area (Å²) in [5.74, 6) is -0.264. The lowest BCUT2D eigenvalue weighted by Gasteiger charge is -2.12. The topological polar surface area (TPSA) is 92.2 Å². The Morgan fingerprint density at radius 3 is 2.40 bits per heavy atom. The second-order valence-electron chi connectivity index (χ2n) is 7.32. The molecule has 1 saturated carbocycles. The SMILES string of the molecule is O=C(NNc1ccc(S(=O)(=O)NC2CC2)cc1)c1cccn1CCc1ccccc1. The fourth-order valence-electron chi connectivity index (χ4n) is 3.11. The van der Waals surface area contributed by atoms with Crippen LogP contribution in [0.15, 0.2) is 77.8 Å². The Hall–Kier alpha value is -3.10. The Labute approximate surface area is 176 Å². The van der Waals surface area contributed by atoms with Gasteiger partial charge < -0.3 is 4.57 Å². The zero-order chi connectivity index (χ0) is 21.0. The van der Waals surface area contributed by atoms with E-state index in [1.54, 1.807) is 18.2 Å². The van der Waals surface area contributed by atoms with Gasteiger partial charge in [0.2, 0.25) is 10.0 Å². The summed E-state index contributed by atoms with van der Waals surface area (Å²) in [7, 11) is -3.48. The molecule has 30 heavy (non-hydrogen) atoms. The number of benzene rings is 2. The highest BCUT2D eigenvalue weighted by Crippen LogP contribution is 2.22. The smallest absolute Gasteiger partial charge is 0.286 e. The summed E-state index contributed by atoms with van der Waals surface area (Å²) in [4.78, 5) is 12.8. The van der Waals surface area contributed by atoms with Gasteiger partial charge in [-0.3, -0.25) is 15.6 Å². The number of aromatic nitrogens is 1. The number of hydrogen-bond donors (Lipinski definition) is 3. The molecule has 1 fully saturated rings. The molecule has 1 heterocycles. The van der Waals surface area contributed by atoms with Crippen molar-refractivity contribution >= 4 is 21.6 Å². The van der Waals surface area contributed by atoms with Gasteiger partial charge in [0.05, 0.1) is 10.6 Å². The van der Waals surface area contributed by atoms with Crippen LogP contribution in [0.3, 0.4) is 0 Å². The van der Waals surface area contributed by atoms with E-state index in [1.807, 2.05) is 35.0 Å². The average Bonchev–Trinajstić information content (AvgIpc) is 3.43. The van der Waals surface area contributed by atoms with Crippen molar-refractivity contribution < 1.29 is 13.2 Å². The molecule has 0 radical (unpaired) electrons. The van der Waals surface area contributed by atoms with Crippen molar-refractivity contribution in [3.63, 3.8) is 0 Å². The van der Waals surface area contributed by atoms with Gasteiger partial charge in [-0.2, -0.15) is 0 Å². The molecule has 7 nitrogen and oxygen atoms in total. The molecule has 4 rings (SSSR count). The largest absolute Gasteiger partial charge is 0.343 e. The monoisotopic (exact) mass is 424 g/mol. The lowest BCUT2D eigenvalue weighted by atomic mass is 10.1. The Kier molecular flexibility index (Phi) is 5.87. The highest BCUT2D eigenvalue weighted by molar-refractivity contribution is 7.89. The van der Waals surface area contributed by atoms with E-state index in [0.717, 1.165) is 19.3 Å². The maximum atomic E-state index is 12.6. The van der Waals surface area contributed by atoms with Gasteiger partial charge in [0.1, 0.15) is 5.69 Å². The molecule has 1 amide bonds. The van der Waals surface area contributed by atoms with Crippen LogP contribution < -0.4 is 15.6 Å². The number of rotatable bonds is 9. The summed E-state index contributed by atoms with van der Waals surface area (Å²) >= 11 is 0. The van der Waals surface area contributed by atoms with Crippen LogP contribution in [-0.2, 0) is 23.0 Å². The first-order chi connectivity index (χ1) is 14.5. The van der Waals surface area contributed by atoms with Gasteiger partial charge >= 0.3 is 0 Å². The van der Waals surface area contributed by atoms with Crippen LogP contribution in [0.2, 0.25) is 0 Å². The number of carbonyl (C=O) groups excluding carboxylic acids is 1. The molecule has 0 spiro atoms. The second-order valence-corrected chi connectivity index (χ2v) is 9.04. The maximum absolute atomic E-state index is 12.6. The molecule has 0 saturated heterocycles. The number of sulfonamides is 1. The number of anilines is 1. The minimum atomic E-state index is -3.48. The van der Waals surface area contributed by atoms with E-state index in [4.69, 9.17) is 0 Å². The van der Waals surface area contributed by atoms with E-state index in [0.29, 0.717) is 17.9 Å². The fraction of sp³-hybridized carbons (Fsp3) is 0.227. The summed E-state index contributed by atoms with van der Waals surface area (Å²) in [6, 6.07) is 20.1. The van der Waals surface area contributed by atoms with Crippen molar-refractivity contribution in [1.29, 1.82) is 0 Å². The molecule has 0 aliphatic heterocycles. The van der Waals surface area contributed by atoms with Crippen molar-refractivity contribution in [2.24, 2.45) is 0 Å². The van der Waals surface area contributed by atoms with E-state index in [2.05, 4.69) is 27.7 Å². The van der Waals surface area contributed by atoms with Crippen LogP contribution >= 0.6 is 0 Å². The summed E-state index contributed by atoms with van der Waals surface area (Å²) < 4.78 is 29.0. The number of hydrazine groups is 1. The van der Waals surface area contributed by atoms with Crippen LogP contribution in [0.25, 0.3) is 0 Å². The molecule has 3 aromatic rings. The van der Waals surface area contributed by atoms with E-state index < -0.39 is 10.0 Å². The fourth-order valence-corrected chi connectivity index (χ4v) is 4.41. The molecule has 8 heteroatoms. The van der Waals surface area contributed by atoms with Gasteiger partial charge in [0.15, 0.2) is 0 Å². The van der Waals surface area contributed by atoms with E-state index in [9.17, 15) is 13.2 Å². The number of nitrogens with one attached hydrogen (secondary N) is 3. The van der Waals surface area contributed by atoms with Crippen molar-refractivity contribution in [3.8, 4) is 0 Å². The summed E-state index contributed by atoms with van der Waals surface area (Å²) in [6.07, 6.45) is 4.48. The first-order valence-electron chi connectivity index (χ1n) is 9.89. The normalized spacial score (nSPS) is 13.7. The predicted octanol–water partition coefficient (Wildman–Crippen LogP) is 2.93. The molecule has 156 valence electrons. The van der Waals surface area contributed by atoms with Crippen LogP contribution in [0.4, 0.5) is 5.69 Å². The van der Waals surface area contributed by atoms with E-state index >= 15 is 0 Å². The van der Waals surface area contributed by atoms with Crippen molar-refractivity contribution in [1.82, 2.24) is 14.7 Å². The zero-order valence-electron chi connectivity index (χ0n) is 16.4. The van der Waals surface area contributed by atoms with Crippen LogP contribution in [0.5, 0.6) is 0 Å². The van der Waals surface area contributed by atoms with Crippen LogP contribution in [0.1, 0.15) is 28.9 Å². The maximum Gasteiger partial charge on any atom is 0.286 e. The summed E-state index contributed by atoms with van der Waals surface area (Å²) in [5, 5.41) is 0. The van der Waals surface area contributed by atoms with Crippen LogP contribution in [-0.4, -0.2) is 24.9 Å². The quantitative estimate of drug-likeness (QED) is 0.461. The van der Waals surface area contributed by atoms with Gasteiger partial charge in [-0.1, -0.05) is 30.3 Å². The third kappa shape index (κ3) is 5.08. The van der Waals surface area contributed by atoms with Crippen molar-refractivity contribution in [3.05, 3.63) is 84.2 Å². The molecule has 3 N–H and O–H groups in total. The summed E-state index contributed by atoms with van der Waals surface area (Å²) in [6.45, 7) is 0.695. The van der Waals surface area contributed by atoms with Gasteiger partial charge in [-0.25, -0.2) is 13.1 Å². The average molecular weight is 425 g/mol.